The van der Waals surface area contributed by atoms with Crippen molar-refractivity contribution in [3.05, 3.63) is 126 Å². The van der Waals surface area contributed by atoms with E-state index in [1.165, 1.54) is 11.1 Å². The third-order valence-electron chi connectivity index (χ3n) is 6.86. The van der Waals surface area contributed by atoms with Crippen LogP contribution >= 0.6 is 0 Å². The smallest absolute Gasteiger partial charge is 0.339 e. The molecule has 0 amide bonds. The number of aryl methyl sites for hydroxylation is 2. The lowest BCUT2D eigenvalue weighted by Gasteiger charge is -2.16. The molecule has 7 heteroatoms. The Morgan fingerprint density at radius 3 is 2.09 bits per heavy atom. The standard InChI is InChI=1S/C33H38O7.C4H6.C3H6/c1-24-20-30(22-31(21-24)40-33(35)28-13-15-29(16-14-28)38-19-5-17-36-2)39-32(27-11-12-27)26-9-7-25(8-10-26)6-3-4-18-37-23-34;1-3-4-2;1-3-2/h7-10,13,15,20-23H,3-6,11-12,14,16-19H2,1-2H3;3-4H,1-2H2;3H,1H2,2H3. The molecule has 2 aliphatic rings. The first kappa shape index (κ1) is 38.6. The number of ether oxygens (including phenoxy) is 5. The molecule has 0 heterocycles. The van der Waals surface area contributed by atoms with Crippen LogP contribution in [0, 0.1) is 6.92 Å². The van der Waals surface area contributed by atoms with Gasteiger partial charge in [0, 0.05) is 43.8 Å². The van der Waals surface area contributed by atoms with Gasteiger partial charge in [-0.15, -0.1) is 6.58 Å². The zero-order chi connectivity index (χ0) is 34.3. The van der Waals surface area contributed by atoms with E-state index in [9.17, 15) is 9.59 Å². The number of hydrogen-bond donors (Lipinski definition) is 0. The Balaban J connectivity index is 0.00000100. The van der Waals surface area contributed by atoms with Crippen molar-refractivity contribution in [1.29, 1.82) is 0 Å². The third kappa shape index (κ3) is 15.5. The van der Waals surface area contributed by atoms with Gasteiger partial charge in [0.1, 0.15) is 17.3 Å². The minimum absolute atomic E-state index is 0.361. The van der Waals surface area contributed by atoms with Gasteiger partial charge in [-0.1, -0.05) is 55.7 Å². The fourth-order valence-electron chi connectivity index (χ4n) is 4.45. The molecule has 2 aromatic carbocycles. The number of methoxy groups -OCH3 is 1. The highest BCUT2D eigenvalue weighted by atomic mass is 16.5. The van der Waals surface area contributed by atoms with Gasteiger partial charge in [-0.25, -0.2) is 4.79 Å². The topological polar surface area (TPSA) is 80.3 Å². The predicted octanol–water partition coefficient (Wildman–Crippen LogP) is 9.19. The fraction of sp³-hybridized carbons (Fsp3) is 0.350. The summed E-state index contributed by atoms with van der Waals surface area (Å²) in [6.07, 6.45) is 15.5. The molecule has 252 valence electrons. The average Bonchev–Trinajstić information content (AvgIpc) is 3.92. The quantitative estimate of drug-likeness (QED) is 0.0324. The predicted molar refractivity (Wildman–Crippen MR) is 189 cm³/mol. The fourth-order valence-corrected chi connectivity index (χ4v) is 4.45. The Morgan fingerprint density at radius 2 is 1.51 bits per heavy atom. The van der Waals surface area contributed by atoms with E-state index < -0.39 is 0 Å². The van der Waals surface area contributed by atoms with Gasteiger partial charge in [0.15, 0.2) is 0 Å². The molecule has 1 saturated carbocycles. The lowest BCUT2D eigenvalue weighted by atomic mass is 10.0. The van der Waals surface area contributed by atoms with E-state index in [2.05, 4.69) is 44.0 Å². The summed E-state index contributed by atoms with van der Waals surface area (Å²) in [5.41, 5.74) is 5.10. The van der Waals surface area contributed by atoms with Crippen LogP contribution in [0.15, 0.2) is 109 Å². The number of carbonyl (C=O) groups excluding carboxylic acids is 2. The first-order valence-corrected chi connectivity index (χ1v) is 16.1. The van der Waals surface area contributed by atoms with E-state index in [4.69, 9.17) is 23.7 Å². The van der Waals surface area contributed by atoms with Gasteiger partial charge in [-0.05, 0) is 93.4 Å². The van der Waals surface area contributed by atoms with Crippen LogP contribution in [0.5, 0.6) is 11.5 Å². The molecule has 0 aromatic heterocycles. The van der Waals surface area contributed by atoms with Crippen LogP contribution in [0.1, 0.15) is 68.6 Å². The maximum absolute atomic E-state index is 12.9. The molecule has 4 rings (SSSR count). The van der Waals surface area contributed by atoms with Crippen molar-refractivity contribution in [2.45, 2.75) is 65.2 Å². The number of rotatable bonds is 17. The van der Waals surface area contributed by atoms with Gasteiger partial charge in [0.05, 0.1) is 19.0 Å². The summed E-state index contributed by atoms with van der Waals surface area (Å²) in [6, 6.07) is 14.0. The third-order valence-corrected chi connectivity index (χ3v) is 6.86. The molecule has 0 saturated heterocycles. The van der Waals surface area contributed by atoms with Crippen molar-refractivity contribution >= 4 is 18.2 Å². The Kier molecular flexibility index (Phi) is 18.7. The molecule has 0 unspecified atom stereocenters. The normalized spacial score (nSPS) is 12.7. The van der Waals surface area contributed by atoms with Gasteiger partial charge in [0.2, 0.25) is 0 Å². The van der Waals surface area contributed by atoms with E-state index in [1.54, 1.807) is 37.5 Å². The summed E-state index contributed by atoms with van der Waals surface area (Å²) in [6.45, 7) is 16.1. The van der Waals surface area contributed by atoms with Crippen LogP contribution in [0.4, 0.5) is 0 Å². The van der Waals surface area contributed by atoms with Crippen molar-refractivity contribution < 1.29 is 33.3 Å². The number of benzene rings is 2. The van der Waals surface area contributed by atoms with Crippen molar-refractivity contribution in [3.63, 3.8) is 0 Å². The van der Waals surface area contributed by atoms with Crippen LogP contribution in [0.2, 0.25) is 0 Å². The number of unbranched alkanes of at least 4 members (excludes halogenated alkanes) is 1. The van der Waals surface area contributed by atoms with Gasteiger partial charge in [0.25, 0.3) is 6.47 Å². The summed E-state index contributed by atoms with van der Waals surface area (Å²) in [5, 5.41) is 0. The molecule has 2 aromatic rings. The maximum Gasteiger partial charge on any atom is 0.339 e. The number of esters is 1. The van der Waals surface area contributed by atoms with Crippen molar-refractivity contribution in [2.75, 3.05) is 26.9 Å². The van der Waals surface area contributed by atoms with Gasteiger partial charge >= 0.3 is 5.97 Å². The maximum atomic E-state index is 12.9. The average molecular weight is 643 g/mol. The lowest BCUT2D eigenvalue weighted by Crippen LogP contribution is -2.14. The Morgan fingerprint density at radius 1 is 0.830 bits per heavy atom. The number of carbonyl (C=O) groups is 2. The van der Waals surface area contributed by atoms with Crippen molar-refractivity contribution in [3.8, 4) is 11.5 Å². The molecule has 0 spiro atoms. The monoisotopic (exact) mass is 642 g/mol. The lowest BCUT2D eigenvalue weighted by molar-refractivity contribution is -0.130. The largest absolute Gasteiger partial charge is 0.498 e. The Labute approximate surface area is 280 Å². The zero-order valence-corrected chi connectivity index (χ0v) is 28.3. The molecule has 2 aliphatic carbocycles. The van der Waals surface area contributed by atoms with E-state index >= 15 is 0 Å². The molecule has 0 aliphatic heterocycles. The van der Waals surface area contributed by atoms with Crippen LogP contribution < -0.4 is 9.47 Å². The Hall–Kier alpha value is -4.62. The number of hydrogen-bond acceptors (Lipinski definition) is 7. The highest BCUT2D eigenvalue weighted by Gasteiger charge is 2.22. The molecule has 0 atom stereocenters. The van der Waals surface area contributed by atoms with Gasteiger partial charge in [-0.2, -0.15) is 0 Å². The second kappa shape index (κ2) is 22.8. The molecule has 1 fully saturated rings. The van der Waals surface area contributed by atoms with Crippen LogP contribution in [0.3, 0.4) is 0 Å². The highest BCUT2D eigenvalue weighted by molar-refractivity contribution is 5.91. The van der Waals surface area contributed by atoms with E-state index in [0.29, 0.717) is 56.2 Å². The summed E-state index contributed by atoms with van der Waals surface area (Å²) in [7, 11) is 1.67. The Bertz CT molecular complexity index is 1380. The summed E-state index contributed by atoms with van der Waals surface area (Å²) >= 11 is 0. The van der Waals surface area contributed by atoms with Crippen LogP contribution in [-0.4, -0.2) is 39.4 Å². The molecular weight excluding hydrogens is 592 g/mol. The molecule has 7 nitrogen and oxygen atoms in total. The SMILES string of the molecule is C=CC.C=CC=C.COCCCOC1=CC=C(C(=O)Oc2cc(C)cc(OC(=C3CC3)c3ccc(CCCCOC=O)cc3)c2)CC1. The van der Waals surface area contributed by atoms with E-state index in [1.807, 2.05) is 32.1 Å². The summed E-state index contributed by atoms with van der Waals surface area (Å²) < 4.78 is 27.7. The minimum Gasteiger partial charge on any atom is -0.498 e. The van der Waals surface area contributed by atoms with Gasteiger partial charge < -0.3 is 23.7 Å². The van der Waals surface area contributed by atoms with Crippen LogP contribution in [0.25, 0.3) is 5.76 Å². The number of allylic oxidation sites excluding steroid dienone is 7. The summed E-state index contributed by atoms with van der Waals surface area (Å²) in [5.74, 6) is 2.48. The first-order chi connectivity index (χ1) is 22.9. The summed E-state index contributed by atoms with van der Waals surface area (Å²) in [4.78, 5) is 23.1. The zero-order valence-electron chi connectivity index (χ0n) is 28.3. The van der Waals surface area contributed by atoms with Gasteiger partial charge in [-0.3, -0.25) is 4.79 Å². The molecular formula is C40H50O7. The molecule has 47 heavy (non-hydrogen) atoms. The van der Waals surface area contributed by atoms with Crippen molar-refractivity contribution in [2.24, 2.45) is 0 Å². The second-order valence-corrected chi connectivity index (χ2v) is 10.9. The first-order valence-electron chi connectivity index (χ1n) is 16.1. The molecule has 0 radical (unpaired) electrons. The second-order valence-electron chi connectivity index (χ2n) is 10.9. The molecule has 0 N–H and O–H groups in total. The van der Waals surface area contributed by atoms with E-state index in [0.717, 1.165) is 61.2 Å². The minimum atomic E-state index is -0.361. The van der Waals surface area contributed by atoms with Crippen LogP contribution in [-0.2, 0) is 30.2 Å². The highest BCUT2D eigenvalue weighted by Crippen LogP contribution is 2.38. The van der Waals surface area contributed by atoms with Crippen molar-refractivity contribution in [1.82, 2.24) is 0 Å². The van der Waals surface area contributed by atoms with E-state index in [-0.39, 0.29) is 5.97 Å². The molecule has 0 bridgehead atoms.